The van der Waals surface area contributed by atoms with E-state index in [1.807, 2.05) is 25.1 Å². The summed E-state index contributed by atoms with van der Waals surface area (Å²) >= 11 is 1.43. The molecule has 0 aliphatic carbocycles. The topological polar surface area (TPSA) is 17.1 Å². The molecule has 0 aliphatic heterocycles. The first kappa shape index (κ1) is 13.0. The van der Waals surface area contributed by atoms with E-state index in [2.05, 4.69) is 0 Å². The Balaban J connectivity index is 2.29. The zero-order valence-electron chi connectivity index (χ0n) is 10.5. The van der Waals surface area contributed by atoms with E-state index >= 15 is 0 Å². The molecule has 0 saturated heterocycles. The van der Waals surface area contributed by atoms with Crippen molar-refractivity contribution in [2.24, 2.45) is 0 Å². The Hall–Kier alpha value is -1.48. The second-order valence-electron chi connectivity index (χ2n) is 4.30. The zero-order chi connectivity index (χ0) is 13.1. The minimum Gasteiger partial charge on any atom is -0.293 e. The predicted molar refractivity (Wildman–Crippen MR) is 73.7 cm³/mol. The highest BCUT2D eigenvalue weighted by molar-refractivity contribution is 7.17. The van der Waals surface area contributed by atoms with Crippen molar-refractivity contribution in [3.05, 3.63) is 46.6 Å². The van der Waals surface area contributed by atoms with Gasteiger partial charge in [-0.25, -0.2) is 4.39 Å². The van der Waals surface area contributed by atoms with Crippen LogP contribution in [0.4, 0.5) is 4.39 Å². The normalized spacial score (nSPS) is 10.6. The molecule has 0 atom stereocenters. The second kappa shape index (κ2) is 5.44. The van der Waals surface area contributed by atoms with Crippen molar-refractivity contribution in [3.8, 4) is 10.4 Å². The maximum absolute atomic E-state index is 13.5. The van der Waals surface area contributed by atoms with E-state index in [0.717, 1.165) is 21.7 Å². The third kappa shape index (κ3) is 2.67. The molecule has 18 heavy (non-hydrogen) atoms. The Morgan fingerprint density at radius 2 is 2.06 bits per heavy atom. The van der Waals surface area contributed by atoms with Gasteiger partial charge in [0.2, 0.25) is 0 Å². The fraction of sp³-hybridized carbons (Fsp3) is 0.267. The summed E-state index contributed by atoms with van der Waals surface area (Å²) in [6, 6.07) is 8.89. The van der Waals surface area contributed by atoms with Gasteiger partial charge in [0, 0.05) is 11.3 Å². The molecule has 0 radical (unpaired) electrons. The number of thiophene rings is 1. The molecule has 1 aromatic heterocycles. The van der Waals surface area contributed by atoms with Gasteiger partial charge in [-0.15, -0.1) is 11.3 Å². The van der Waals surface area contributed by atoms with Gasteiger partial charge in [-0.05, 0) is 42.7 Å². The largest absolute Gasteiger partial charge is 0.293 e. The molecule has 0 unspecified atom stereocenters. The number of hydrogen-bond acceptors (Lipinski definition) is 2. The van der Waals surface area contributed by atoms with Gasteiger partial charge in [-0.3, -0.25) is 4.79 Å². The fourth-order valence-corrected chi connectivity index (χ4v) is 2.71. The number of carbonyl (C=O) groups excluding carboxylic acids is 1. The number of rotatable bonds is 4. The molecule has 1 nitrogen and oxygen atoms in total. The molecule has 0 N–H and O–H groups in total. The third-order valence-electron chi connectivity index (χ3n) is 2.81. The average molecular weight is 262 g/mol. The van der Waals surface area contributed by atoms with Crippen LogP contribution in [0, 0.1) is 12.7 Å². The van der Waals surface area contributed by atoms with Gasteiger partial charge in [0.25, 0.3) is 0 Å². The summed E-state index contributed by atoms with van der Waals surface area (Å²) in [5, 5.41) is 0. The van der Waals surface area contributed by atoms with Crippen LogP contribution in [0.5, 0.6) is 0 Å². The molecule has 0 bridgehead atoms. The van der Waals surface area contributed by atoms with Crippen LogP contribution in [-0.4, -0.2) is 5.78 Å². The maximum atomic E-state index is 13.5. The highest BCUT2D eigenvalue weighted by Crippen LogP contribution is 2.30. The van der Waals surface area contributed by atoms with E-state index in [1.54, 1.807) is 13.0 Å². The van der Waals surface area contributed by atoms with Gasteiger partial charge >= 0.3 is 0 Å². The van der Waals surface area contributed by atoms with Crippen LogP contribution in [0.2, 0.25) is 0 Å². The Kier molecular flexibility index (Phi) is 3.92. The predicted octanol–water partition coefficient (Wildman–Crippen LogP) is 4.85. The molecular formula is C15H15FOS. The summed E-state index contributed by atoms with van der Waals surface area (Å²) in [6.45, 7) is 3.73. The van der Waals surface area contributed by atoms with Crippen LogP contribution in [0.1, 0.15) is 35.0 Å². The standard InChI is InChI=1S/C15H15FOS/c1-3-4-13(17)15-8-7-14(18-15)11-6-5-10(2)12(16)9-11/h5-9H,3-4H2,1-2H3. The van der Waals surface area contributed by atoms with Crippen LogP contribution in [0.25, 0.3) is 10.4 Å². The van der Waals surface area contributed by atoms with E-state index in [9.17, 15) is 9.18 Å². The summed E-state index contributed by atoms with van der Waals surface area (Å²) < 4.78 is 13.5. The lowest BCUT2D eigenvalue weighted by Gasteiger charge is -2.00. The van der Waals surface area contributed by atoms with Gasteiger partial charge in [-0.2, -0.15) is 0 Å². The number of carbonyl (C=O) groups is 1. The SMILES string of the molecule is CCCC(=O)c1ccc(-c2ccc(C)c(F)c2)s1. The molecule has 1 aromatic carbocycles. The molecule has 2 aromatic rings. The van der Waals surface area contributed by atoms with Crippen LogP contribution < -0.4 is 0 Å². The van der Waals surface area contributed by atoms with Crippen LogP contribution in [0.15, 0.2) is 30.3 Å². The Labute approximate surface area is 110 Å². The lowest BCUT2D eigenvalue weighted by Crippen LogP contribution is -1.93. The van der Waals surface area contributed by atoms with Crippen molar-refractivity contribution in [2.75, 3.05) is 0 Å². The molecule has 0 fully saturated rings. The zero-order valence-corrected chi connectivity index (χ0v) is 11.3. The van der Waals surface area contributed by atoms with Crippen LogP contribution in [0.3, 0.4) is 0 Å². The summed E-state index contributed by atoms with van der Waals surface area (Å²) in [4.78, 5) is 13.4. The molecule has 0 spiro atoms. The number of benzene rings is 1. The number of hydrogen-bond donors (Lipinski definition) is 0. The summed E-state index contributed by atoms with van der Waals surface area (Å²) in [6.07, 6.45) is 1.42. The lowest BCUT2D eigenvalue weighted by atomic mass is 10.1. The minimum absolute atomic E-state index is 0.168. The average Bonchev–Trinajstić information content (AvgIpc) is 2.82. The van der Waals surface area contributed by atoms with Crippen molar-refractivity contribution < 1.29 is 9.18 Å². The molecular weight excluding hydrogens is 247 g/mol. The second-order valence-corrected chi connectivity index (χ2v) is 5.38. The fourth-order valence-electron chi connectivity index (χ4n) is 1.74. The van der Waals surface area contributed by atoms with Gasteiger partial charge in [0.05, 0.1) is 4.88 Å². The Bertz CT molecular complexity index is 572. The van der Waals surface area contributed by atoms with E-state index in [1.165, 1.54) is 17.4 Å². The molecule has 0 aliphatic rings. The van der Waals surface area contributed by atoms with Crippen molar-refractivity contribution in [2.45, 2.75) is 26.7 Å². The lowest BCUT2D eigenvalue weighted by molar-refractivity contribution is 0.0985. The first-order valence-corrected chi connectivity index (χ1v) is 6.83. The van der Waals surface area contributed by atoms with E-state index in [4.69, 9.17) is 0 Å². The quantitative estimate of drug-likeness (QED) is 0.720. The summed E-state index contributed by atoms with van der Waals surface area (Å²) in [5.74, 6) is -0.0383. The molecule has 2 rings (SSSR count). The smallest absolute Gasteiger partial charge is 0.172 e. The first-order chi connectivity index (χ1) is 8.61. The maximum Gasteiger partial charge on any atom is 0.172 e. The van der Waals surface area contributed by atoms with Crippen molar-refractivity contribution >= 4 is 17.1 Å². The number of ketones is 1. The van der Waals surface area contributed by atoms with E-state index < -0.39 is 0 Å². The van der Waals surface area contributed by atoms with Gasteiger partial charge < -0.3 is 0 Å². The molecule has 0 saturated carbocycles. The number of halogens is 1. The summed E-state index contributed by atoms with van der Waals surface area (Å²) in [5.41, 5.74) is 1.47. The highest BCUT2D eigenvalue weighted by atomic mass is 32.1. The molecule has 1 heterocycles. The Morgan fingerprint density at radius 3 is 2.72 bits per heavy atom. The van der Waals surface area contributed by atoms with Gasteiger partial charge in [-0.1, -0.05) is 19.1 Å². The van der Waals surface area contributed by atoms with Crippen LogP contribution >= 0.6 is 11.3 Å². The van der Waals surface area contributed by atoms with Crippen molar-refractivity contribution in [1.82, 2.24) is 0 Å². The Morgan fingerprint density at radius 1 is 1.28 bits per heavy atom. The van der Waals surface area contributed by atoms with Crippen molar-refractivity contribution in [3.63, 3.8) is 0 Å². The molecule has 0 amide bonds. The molecule has 3 heteroatoms. The third-order valence-corrected chi connectivity index (χ3v) is 3.99. The number of aryl methyl sites for hydroxylation is 1. The van der Waals surface area contributed by atoms with E-state index in [-0.39, 0.29) is 11.6 Å². The molecule has 94 valence electrons. The van der Waals surface area contributed by atoms with E-state index in [0.29, 0.717) is 12.0 Å². The monoisotopic (exact) mass is 262 g/mol. The number of Topliss-reactive ketones (excluding diaryl/α,β-unsaturated/α-hetero) is 1. The minimum atomic E-state index is -0.206. The van der Waals surface area contributed by atoms with Gasteiger partial charge in [0.15, 0.2) is 5.78 Å². The first-order valence-electron chi connectivity index (χ1n) is 6.01. The van der Waals surface area contributed by atoms with Crippen molar-refractivity contribution in [1.29, 1.82) is 0 Å². The summed E-state index contributed by atoms with van der Waals surface area (Å²) in [7, 11) is 0. The highest BCUT2D eigenvalue weighted by Gasteiger charge is 2.10. The van der Waals surface area contributed by atoms with Crippen LogP contribution in [-0.2, 0) is 0 Å². The van der Waals surface area contributed by atoms with Gasteiger partial charge in [0.1, 0.15) is 5.82 Å².